The minimum absolute atomic E-state index is 0.136. The van der Waals surface area contributed by atoms with Crippen molar-refractivity contribution in [2.45, 2.75) is 32.4 Å². The first-order chi connectivity index (χ1) is 6.56. The van der Waals surface area contributed by atoms with Crippen LogP contribution in [-0.2, 0) is 4.74 Å². The molecule has 0 heterocycles. The minimum Gasteiger partial charge on any atom is -0.380 e. The number of ether oxygens (including phenoxy) is 1. The lowest BCUT2D eigenvalue weighted by Gasteiger charge is -2.07. The number of nitrogens with one attached hydrogen (secondary N) is 1. The Labute approximate surface area is 82.8 Å². The molecule has 0 aromatic heterocycles. The largest absolute Gasteiger partial charge is 0.389 e. The van der Waals surface area contributed by atoms with Crippen LogP contribution < -0.4 is 5.32 Å². The van der Waals surface area contributed by atoms with Gasteiger partial charge in [-0.05, 0) is 19.4 Å². The summed E-state index contributed by atoms with van der Waals surface area (Å²) < 4.78 is 40.2. The first kappa shape index (κ1) is 13.7. The molecular formula is C9H18F3NO. The summed E-state index contributed by atoms with van der Waals surface area (Å²) in [5.41, 5.74) is 0. The summed E-state index contributed by atoms with van der Waals surface area (Å²) in [4.78, 5) is 0. The van der Waals surface area contributed by atoms with Crippen LogP contribution >= 0.6 is 0 Å². The third kappa shape index (κ3) is 11.7. The molecule has 0 atom stereocenters. The number of halogens is 3. The molecule has 0 aliphatic rings. The van der Waals surface area contributed by atoms with Crippen LogP contribution in [0.5, 0.6) is 0 Å². The lowest BCUT2D eigenvalue weighted by Crippen LogP contribution is -2.22. The predicted octanol–water partition coefficient (Wildman–Crippen LogP) is 2.35. The number of hydrogen-bond acceptors (Lipinski definition) is 2. The molecular weight excluding hydrogens is 195 g/mol. The van der Waals surface area contributed by atoms with Gasteiger partial charge in [0, 0.05) is 19.6 Å². The van der Waals surface area contributed by atoms with E-state index in [1.54, 1.807) is 0 Å². The van der Waals surface area contributed by atoms with E-state index in [0.29, 0.717) is 26.3 Å². The second-order valence-electron chi connectivity index (χ2n) is 3.08. The SMILES string of the molecule is CCCOCCNCCCC(F)(F)F. The van der Waals surface area contributed by atoms with Crippen LogP contribution in [0.3, 0.4) is 0 Å². The summed E-state index contributed by atoms with van der Waals surface area (Å²) in [7, 11) is 0. The van der Waals surface area contributed by atoms with Crippen LogP contribution in [0.1, 0.15) is 26.2 Å². The van der Waals surface area contributed by atoms with Crippen molar-refractivity contribution < 1.29 is 17.9 Å². The molecule has 0 amide bonds. The van der Waals surface area contributed by atoms with Crippen molar-refractivity contribution in [2.24, 2.45) is 0 Å². The van der Waals surface area contributed by atoms with E-state index in [2.05, 4.69) is 5.32 Å². The van der Waals surface area contributed by atoms with Gasteiger partial charge in [0.15, 0.2) is 0 Å². The van der Waals surface area contributed by atoms with Crippen LogP contribution in [0, 0.1) is 0 Å². The molecule has 0 aromatic carbocycles. The van der Waals surface area contributed by atoms with Gasteiger partial charge < -0.3 is 10.1 Å². The van der Waals surface area contributed by atoms with Gasteiger partial charge in [-0.1, -0.05) is 6.92 Å². The summed E-state index contributed by atoms with van der Waals surface area (Å²) in [6, 6.07) is 0. The molecule has 0 saturated heterocycles. The van der Waals surface area contributed by atoms with Crippen molar-refractivity contribution >= 4 is 0 Å². The monoisotopic (exact) mass is 213 g/mol. The molecule has 0 saturated carbocycles. The number of rotatable bonds is 8. The summed E-state index contributed by atoms with van der Waals surface area (Å²) >= 11 is 0. The Bertz CT molecular complexity index is 128. The second kappa shape index (κ2) is 8.05. The minimum atomic E-state index is -4.03. The van der Waals surface area contributed by atoms with E-state index in [-0.39, 0.29) is 6.42 Å². The summed E-state index contributed by atoms with van der Waals surface area (Å²) in [6.45, 7) is 4.31. The zero-order chi connectivity index (χ0) is 10.9. The Morgan fingerprint density at radius 1 is 1.14 bits per heavy atom. The molecule has 14 heavy (non-hydrogen) atoms. The van der Waals surface area contributed by atoms with Gasteiger partial charge in [-0.25, -0.2) is 0 Å². The Balaban J connectivity index is 2.99. The van der Waals surface area contributed by atoms with Gasteiger partial charge in [0.1, 0.15) is 0 Å². The quantitative estimate of drug-likeness (QED) is 0.625. The fourth-order valence-corrected chi connectivity index (χ4v) is 0.930. The highest BCUT2D eigenvalue weighted by Gasteiger charge is 2.25. The lowest BCUT2D eigenvalue weighted by atomic mass is 10.3. The molecule has 0 spiro atoms. The Morgan fingerprint density at radius 2 is 1.86 bits per heavy atom. The first-order valence-electron chi connectivity index (χ1n) is 4.91. The zero-order valence-corrected chi connectivity index (χ0v) is 8.49. The normalized spacial score (nSPS) is 12.0. The summed E-state index contributed by atoms with van der Waals surface area (Å²) in [5, 5.41) is 2.89. The smallest absolute Gasteiger partial charge is 0.380 e. The zero-order valence-electron chi connectivity index (χ0n) is 8.49. The van der Waals surface area contributed by atoms with E-state index in [4.69, 9.17) is 4.74 Å². The van der Waals surface area contributed by atoms with Gasteiger partial charge in [-0.15, -0.1) is 0 Å². The molecule has 0 fully saturated rings. The number of hydrogen-bond donors (Lipinski definition) is 1. The van der Waals surface area contributed by atoms with Crippen molar-refractivity contribution in [3.05, 3.63) is 0 Å². The Hall–Kier alpha value is -0.290. The highest BCUT2D eigenvalue weighted by Crippen LogP contribution is 2.20. The average molecular weight is 213 g/mol. The standard InChI is InChI=1S/C9H18F3NO/c1-2-7-14-8-6-13-5-3-4-9(10,11)12/h13H,2-8H2,1H3. The van der Waals surface area contributed by atoms with Crippen molar-refractivity contribution in [1.29, 1.82) is 0 Å². The third-order valence-corrected chi connectivity index (χ3v) is 1.59. The molecule has 0 unspecified atom stereocenters. The van der Waals surface area contributed by atoms with E-state index < -0.39 is 12.6 Å². The van der Waals surface area contributed by atoms with Gasteiger partial charge in [0.25, 0.3) is 0 Å². The molecule has 5 heteroatoms. The van der Waals surface area contributed by atoms with Gasteiger partial charge >= 0.3 is 6.18 Å². The van der Waals surface area contributed by atoms with Gasteiger partial charge in [0.05, 0.1) is 6.61 Å². The first-order valence-corrected chi connectivity index (χ1v) is 4.91. The van der Waals surface area contributed by atoms with E-state index in [1.807, 2.05) is 6.92 Å². The van der Waals surface area contributed by atoms with Gasteiger partial charge in [-0.2, -0.15) is 13.2 Å². The highest BCUT2D eigenvalue weighted by molar-refractivity contribution is 4.53. The van der Waals surface area contributed by atoms with Crippen molar-refractivity contribution in [3.63, 3.8) is 0 Å². The van der Waals surface area contributed by atoms with Crippen molar-refractivity contribution in [1.82, 2.24) is 5.32 Å². The molecule has 0 bridgehead atoms. The van der Waals surface area contributed by atoms with E-state index >= 15 is 0 Å². The summed E-state index contributed by atoms with van der Waals surface area (Å²) in [5.74, 6) is 0. The fraction of sp³-hybridized carbons (Fsp3) is 1.00. The van der Waals surface area contributed by atoms with Crippen LogP contribution in [0.4, 0.5) is 13.2 Å². The van der Waals surface area contributed by atoms with E-state index in [0.717, 1.165) is 6.42 Å². The van der Waals surface area contributed by atoms with E-state index in [1.165, 1.54) is 0 Å². The van der Waals surface area contributed by atoms with Crippen LogP contribution in [0.2, 0.25) is 0 Å². The molecule has 0 aliphatic heterocycles. The highest BCUT2D eigenvalue weighted by atomic mass is 19.4. The van der Waals surface area contributed by atoms with Crippen LogP contribution in [0.15, 0.2) is 0 Å². The maximum atomic E-state index is 11.7. The predicted molar refractivity (Wildman–Crippen MR) is 49.3 cm³/mol. The maximum absolute atomic E-state index is 11.7. The molecule has 0 aromatic rings. The molecule has 1 N–H and O–H groups in total. The van der Waals surface area contributed by atoms with Crippen molar-refractivity contribution in [3.8, 4) is 0 Å². The topological polar surface area (TPSA) is 21.3 Å². The van der Waals surface area contributed by atoms with E-state index in [9.17, 15) is 13.2 Å². The molecule has 86 valence electrons. The molecule has 0 rings (SSSR count). The Kier molecular flexibility index (Phi) is 7.89. The maximum Gasteiger partial charge on any atom is 0.389 e. The van der Waals surface area contributed by atoms with Crippen molar-refractivity contribution in [2.75, 3.05) is 26.3 Å². The van der Waals surface area contributed by atoms with Crippen LogP contribution in [0.25, 0.3) is 0 Å². The molecule has 0 radical (unpaired) electrons. The number of alkyl halides is 3. The van der Waals surface area contributed by atoms with Gasteiger partial charge in [-0.3, -0.25) is 0 Å². The second-order valence-corrected chi connectivity index (χ2v) is 3.08. The fourth-order valence-electron chi connectivity index (χ4n) is 0.930. The van der Waals surface area contributed by atoms with Crippen LogP contribution in [-0.4, -0.2) is 32.5 Å². The average Bonchev–Trinajstić information content (AvgIpc) is 2.08. The third-order valence-electron chi connectivity index (χ3n) is 1.59. The molecule has 2 nitrogen and oxygen atoms in total. The summed E-state index contributed by atoms with van der Waals surface area (Å²) in [6.07, 6.45) is -3.64. The van der Waals surface area contributed by atoms with Gasteiger partial charge in [0.2, 0.25) is 0 Å². The molecule has 0 aliphatic carbocycles. The lowest BCUT2D eigenvalue weighted by molar-refractivity contribution is -0.135. The Morgan fingerprint density at radius 3 is 2.43 bits per heavy atom.